The number of amides is 1. The molecule has 1 saturated heterocycles. The van der Waals surface area contributed by atoms with Crippen molar-refractivity contribution in [1.82, 2.24) is 16.0 Å². The number of carbonyl (C=O) groups is 1. The second-order valence-electron chi connectivity index (χ2n) is 6.37. The molecule has 0 radical (unpaired) electrons. The third kappa shape index (κ3) is 5.07. The molecule has 3 N–H and O–H groups in total. The fourth-order valence-corrected chi connectivity index (χ4v) is 2.95. The lowest BCUT2D eigenvalue weighted by molar-refractivity contribution is -0.121. The van der Waals surface area contributed by atoms with E-state index >= 15 is 0 Å². The lowest BCUT2D eigenvalue weighted by Gasteiger charge is -2.46. The quantitative estimate of drug-likeness (QED) is 0.507. The van der Waals surface area contributed by atoms with E-state index in [4.69, 9.17) is 6.42 Å². The van der Waals surface area contributed by atoms with Crippen molar-refractivity contribution in [2.75, 3.05) is 13.1 Å². The Kier molecular flexibility index (Phi) is 4.78. The van der Waals surface area contributed by atoms with E-state index in [1.807, 2.05) is 0 Å². The Morgan fingerprint density at radius 1 is 1.33 bits per heavy atom. The van der Waals surface area contributed by atoms with Gasteiger partial charge >= 0.3 is 0 Å². The number of hydrogen-bond acceptors (Lipinski definition) is 3. The SMILES string of the molecule is C#CCNCC(=O)NC1CC(C)(C)NC(C)(C)C1. The van der Waals surface area contributed by atoms with Crippen LogP contribution < -0.4 is 16.0 Å². The van der Waals surface area contributed by atoms with Gasteiger partial charge in [-0.15, -0.1) is 6.42 Å². The van der Waals surface area contributed by atoms with Gasteiger partial charge in [0.25, 0.3) is 0 Å². The first-order chi connectivity index (χ1) is 8.24. The normalized spacial score (nSPS) is 22.2. The number of hydrogen-bond donors (Lipinski definition) is 3. The summed E-state index contributed by atoms with van der Waals surface area (Å²) in [7, 11) is 0. The van der Waals surface area contributed by atoms with Crippen LogP contribution in [0.4, 0.5) is 0 Å². The van der Waals surface area contributed by atoms with Crippen molar-refractivity contribution in [1.29, 1.82) is 0 Å². The van der Waals surface area contributed by atoms with Gasteiger partial charge in [-0.25, -0.2) is 0 Å². The van der Waals surface area contributed by atoms with Crippen LogP contribution in [0.15, 0.2) is 0 Å². The summed E-state index contributed by atoms with van der Waals surface area (Å²) in [6.07, 6.45) is 7.00. The molecule has 1 amide bonds. The number of carbonyl (C=O) groups excluding carboxylic acids is 1. The second kappa shape index (κ2) is 5.73. The predicted octanol–water partition coefficient (Wildman–Crippen LogP) is 0.635. The highest BCUT2D eigenvalue weighted by Crippen LogP contribution is 2.28. The maximum atomic E-state index is 11.7. The van der Waals surface area contributed by atoms with Gasteiger partial charge in [0.15, 0.2) is 0 Å². The van der Waals surface area contributed by atoms with Crippen LogP contribution in [-0.2, 0) is 4.79 Å². The Morgan fingerprint density at radius 2 is 1.89 bits per heavy atom. The molecule has 18 heavy (non-hydrogen) atoms. The number of terminal acetylenes is 1. The average molecular weight is 251 g/mol. The van der Waals surface area contributed by atoms with E-state index in [0.29, 0.717) is 6.54 Å². The van der Waals surface area contributed by atoms with Gasteiger partial charge in [-0.2, -0.15) is 0 Å². The Balaban J connectivity index is 2.46. The van der Waals surface area contributed by atoms with Crippen molar-refractivity contribution in [3.8, 4) is 12.3 Å². The van der Waals surface area contributed by atoms with E-state index in [9.17, 15) is 4.79 Å². The Labute approximate surface area is 110 Å². The first-order valence-electron chi connectivity index (χ1n) is 6.47. The van der Waals surface area contributed by atoms with Gasteiger partial charge in [0, 0.05) is 17.1 Å². The fraction of sp³-hybridized carbons (Fsp3) is 0.786. The van der Waals surface area contributed by atoms with Gasteiger partial charge in [0.05, 0.1) is 13.1 Å². The van der Waals surface area contributed by atoms with Crippen LogP contribution in [0.5, 0.6) is 0 Å². The van der Waals surface area contributed by atoms with Gasteiger partial charge in [0.2, 0.25) is 5.91 Å². The van der Waals surface area contributed by atoms with Crippen molar-refractivity contribution in [3.05, 3.63) is 0 Å². The van der Waals surface area contributed by atoms with Crippen LogP contribution in [-0.4, -0.2) is 36.1 Å². The van der Waals surface area contributed by atoms with Gasteiger partial charge in [-0.05, 0) is 40.5 Å². The molecule has 0 spiro atoms. The molecular weight excluding hydrogens is 226 g/mol. The maximum Gasteiger partial charge on any atom is 0.234 e. The third-order valence-electron chi connectivity index (χ3n) is 3.07. The largest absolute Gasteiger partial charge is 0.352 e. The minimum Gasteiger partial charge on any atom is -0.352 e. The predicted molar refractivity (Wildman–Crippen MR) is 74.2 cm³/mol. The zero-order valence-electron chi connectivity index (χ0n) is 11.9. The number of nitrogens with one attached hydrogen (secondary N) is 3. The molecule has 1 aliphatic heterocycles. The van der Waals surface area contributed by atoms with Crippen LogP contribution in [0.3, 0.4) is 0 Å². The number of rotatable bonds is 4. The topological polar surface area (TPSA) is 53.2 Å². The first kappa shape index (κ1) is 15.0. The molecule has 0 aromatic rings. The summed E-state index contributed by atoms with van der Waals surface area (Å²) in [6, 6.07) is 0.219. The van der Waals surface area contributed by atoms with Gasteiger partial charge in [0.1, 0.15) is 0 Å². The summed E-state index contributed by atoms with van der Waals surface area (Å²) in [4.78, 5) is 11.7. The molecule has 4 heteroatoms. The molecule has 0 aromatic heterocycles. The molecule has 102 valence electrons. The van der Waals surface area contributed by atoms with Crippen LogP contribution in [0.2, 0.25) is 0 Å². The van der Waals surface area contributed by atoms with Crippen LogP contribution in [0, 0.1) is 12.3 Å². The lowest BCUT2D eigenvalue weighted by Crippen LogP contribution is -2.62. The Morgan fingerprint density at radius 3 is 2.39 bits per heavy atom. The lowest BCUT2D eigenvalue weighted by atomic mass is 9.79. The van der Waals surface area contributed by atoms with E-state index in [1.54, 1.807) is 0 Å². The van der Waals surface area contributed by atoms with Crippen LogP contribution >= 0.6 is 0 Å². The van der Waals surface area contributed by atoms with Crippen molar-refractivity contribution in [2.45, 2.75) is 57.7 Å². The van der Waals surface area contributed by atoms with E-state index in [1.165, 1.54) is 0 Å². The molecule has 1 heterocycles. The standard InChI is InChI=1S/C14H25N3O/c1-6-7-15-10-12(18)16-11-8-13(2,3)17-14(4,5)9-11/h1,11,15,17H,7-10H2,2-5H3,(H,16,18). The van der Waals surface area contributed by atoms with Crippen molar-refractivity contribution in [2.24, 2.45) is 0 Å². The van der Waals surface area contributed by atoms with Crippen molar-refractivity contribution in [3.63, 3.8) is 0 Å². The molecule has 0 aromatic carbocycles. The molecule has 1 aliphatic rings. The average Bonchev–Trinajstić information content (AvgIpc) is 2.12. The summed E-state index contributed by atoms with van der Waals surface area (Å²) in [5.41, 5.74) is 0.0951. The summed E-state index contributed by atoms with van der Waals surface area (Å²) in [5.74, 6) is 2.47. The van der Waals surface area contributed by atoms with E-state index < -0.39 is 0 Å². The molecule has 0 aliphatic carbocycles. The van der Waals surface area contributed by atoms with Crippen LogP contribution in [0.1, 0.15) is 40.5 Å². The van der Waals surface area contributed by atoms with Crippen molar-refractivity contribution >= 4 is 5.91 Å². The zero-order valence-corrected chi connectivity index (χ0v) is 11.9. The van der Waals surface area contributed by atoms with Crippen molar-refractivity contribution < 1.29 is 4.79 Å². The smallest absolute Gasteiger partial charge is 0.234 e. The second-order valence-corrected chi connectivity index (χ2v) is 6.37. The minimum atomic E-state index is 0.0174. The highest BCUT2D eigenvalue weighted by molar-refractivity contribution is 5.78. The maximum absolute atomic E-state index is 11.7. The summed E-state index contributed by atoms with van der Waals surface area (Å²) in [5, 5.41) is 9.58. The fourth-order valence-electron chi connectivity index (χ4n) is 2.95. The summed E-state index contributed by atoms with van der Waals surface area (Å²) < 4.78 is 0. The molecule has 0 unspecified atom stereocenters. The Hall–Kier alpha value is -1.05. The minimum absolute atomic E-state index is 0.0174. The highest BCUT2D eigenvalue weighted by Gasteiger charge is 2.37. The molecule has 1 rings (SSSR count). The molecule has 1 fully saturated rings. The Bertz CT molecular complexity index is 325. The highest BCUT2D eigenvalue weighted by atomic mass is 16.1. The summed E-state index contributed by atoms with van der Waals surface area (Å²) >= 11 is 0. The van der Waals surface area contributed by atoms with E-state index in [-0.39, 0.29) is 29.6 Å². The summed E-state index contributed by atoms with van der Waals surface area (Å²) in [6.45, 7) is 9.40. The van der Waals surface area contributed by atoms with Gasteiger partial charge in [-0.1, -0.05) is 5.92 Å². The van der Waals surface area contributed by atoms with Crippen LogP contribution in [0.25, 0.3) is 0 Å². The zero-order chi connectivity index (χ0) is 13.8. The molecule has 0 saturated carbocycles. The van der Waals surface area contributed by atoms with E-state index in [2.05, 4.69) is 49.6 Å². The first-order valence-corrected chi connectivity index (χ1v) is 6.47. The molecule has 4 nitrogen and oxygen atoms in total. The molecular formula is C14H25N3O. The third-order valence-corrected chi connectivity index (χ3v) is 3.07. The molecule has 0 atom stereocenters. The molecule has 0 bridgehead atoms. The number of piperidine rings is 1. The van der Waals surface area contributed by atoms with E-state index in [0.717, 1.165) is 12.8 Å². The van der Waals surface area contributed by atoms with Gasteiger partial charge < -0.3 is 10.6 Å². The van der Waals surface area contributed by atoms with Gasteiger partial charge in [-0.3, -0.25) is 10.1 Å². The monoisotopic (exact) mass is 251 g/mol.